The lowest BCUT2D eigenvalue weighted by Gasteiger charge is -2.14. The molecule has 31 heavy (non-hydrogen) atoms. The Morgan fingerprint density at radius 2 is 2.00 bits per heavy atom. The number of aromatic nitrogens is 5. The number of carbonyl (C=O) groups is 1. The summed E-state index contributed by atoms with van der Waals surface area (Å²) in [5, 5.41) is 11.3. The van der Waals surface area contributed by atoms with Gasteiger partial charge in [-0.3, -0.25) is 14.8 Å². The van der Waals surface area contributed by atoms with Crippen molar-refractivity contribution >= 4 is 35.1 Å². The van der Waals surface area contributed by atoms with Gasteiger partial charge in [0.1, 0.15) is 12.4 Å². The van der Waals surface area contributed by atoms with E-state index in [1.807, 2.05) is 0 Å². The Morgan fingerprint density at radius 1 is 1.26 bits per heavy atom. The van der Waals surface area contributed by atoms with Crippen LogP contribution in [0.4, 0.5) is 19.1 Å². The Morgan fingerprint density at radius 3 is 2.65 bits per heavy atom. The summed E-state index contributed by atoms with van der Waals surface area (Å²) >= 11 is 12.0. The fraction of sp³-hybridized carbons (Fsp3) is 0.368. The lowest BCUT2D eigenvalue weighted by Crippen LogP contribution is -2.26. The molecule has 0 bridgehead atoms. The Kier molecular flexibility index (Phi) is 5.69. The van der Waals surface area contributed by atoms with E-state index in [0.29, 0.717) is 22.3 Å². The zero-order valence-corrected chi connectivity index (χ0v) is 17.7. The van der Waals surface area contributed by atoms with E-state index in [-0.39, 0.29) is 11.9 Å². The molecule has 2 aromatic heterocycles. The molecule has 0 saturated heterocycles. The summed E-state index contributed by atoms with van der Waals surface area (Å²) < 4.78 is 41.9. The standard InChI is InChI=1S/C19H17Cl2F3N6O/c1-10(30-15(11-2-3-11)7-16(27-30)19(22,23)24)17(31)26-18-25-9-29(28-18)8-12-4-5-13(20)6-14(12)21/h4-7,9-11H,2-3,8H2,1H3,(H,26,28,31). The summed E-state index contributed by atoms with van der Waals surface area (Å²) in [7, 11) is 0. The second-order valence-corrected chi connectivity index (χ2v) is 8.18. The van der Waals surface area contributed by atoms with E-state index in [1.165, 1.54) is 17.9 Å². The average molecular weight is 473 g/mol. The van der Waals surface area contributed by atoms with Crippen molar-refractivity contribution in [3.05, 3.63) is 57.6 Å². The Labute approximate surface area is 185 Å². The highest BCUT2D eigenvalue weighted by Gasteiger charge is 2.39. The first-order chi connectivity index (χ1) is 14.6. The number of amides is 1. The number of carbonyl (C=O) groups excluding carboxylic acids is 1. The number of halogens is 5. The highest BCUT2D eigenvalue weighted by Crippen LogP contribution is 2.43. The van der Waals surface area contributed by atoms with Gasteiger partial charge in [0.25, 0.3) is 5.91 Å². The van der Waals surface area contributed by atoms with Crippen LogP contribution >= 0.6 is 23.2 Å². The summed E-state index contributed by atoms with van der Waals surface area (Å²) in [6, 6.07) is 5.10. The molecule has 0 radical (unpaired) electrons. The highest BCUT2D eigenvalue weighted by atomic mass is 35.5. The van der Waals surface area contributed by atoms with Gasteiger partial charge in [-0.25, -0.2) is 9.67 Å². The molecule has 4 rings (SSSR count). The van der Waals surface area contributed by atoms with Crippen molar-refractivity contribution < 1.29 is 18.0 Å². The van der Waals surface area contributed by atoms with E-state index < -0.39 is 23.8 Å². The van der Waals surface area contributed by atoms with Crippen LogP contribution in [0.25, 0.3) is 0 Å². The van der Waals surface area contributed by atoms with Gasteiger partial charge >= 0.3 is 6.18 Å². The van der Waals surface area contributed by atoms with E-state index >= 15 is 0 Å². The number of nitrogens with zero attached hydrogens (tertiary/aromatic N) is 5. The van der Waals surface area contributed by atoms with Gasteiger partial charge in [-0.1, -0.05) is 29.3 Å². The third-order valence-electron chi connectivity index (χ3n) is 4.92. The predicted molar refractivity (Wildman–Crippen MR) is 108 cm³/mol. The Bertz CT molecular complexity index is 1120. The quantitative estimate of drug-likeness (QED) is 0.551. The molecule has 1 N–H and O–H groups in total. The van der Waals surface area contributed by atoms with Crippen LogP contribution in [-0.2, 0) is 17.5 Å². The van der Waals surface area contributed by atoms with Crippen LogP contribution < -0.4 is 5.32 Å². The minimum absolute atomic E-state index is 0.0136. The van der Waals surface area contributed by atoms with Crippen LogP contribution in [0.15, 0.2) is 30.6 Å². The van der Waals surface area contributed by atoms with Gasteiger partial charge in [0, 0.05) is 21.7 Å². The van der Waals surface area contributed by atoms with Crippen LogP contribution in [0.5, 0.6) is 0 Å². The average Bonchev–Trinajstić information content (AvgIpc) is 3.27. The molecule has 2 heterocycles. The normalized spacial score (nSPS) is 15.2. The second-order valence-electron chi connectivity index (χ2n) is 7.34. The van der Waals surface area contributed by atoms with Crippen molar-refractivity contribution in [3.63, 3.8) is 0 Å². The monoisotopic (exact) mass is 472 g/mol. The number of benzene rings is 1. The van der Waals surface area contributed by atoms with Crippen molar-refractivity contribution in [1.82, 2.24) is 24.5 Å². The lowest BCUT2D eigenvalue weighted by atomic mass is 10.2. The molecular weight excluding hydrogens is 456 g/mol. The van der Waals surface area contributed by atoms with Gasteiger partial charge in [-0.15, -0.1) is 5.10 Å². The van der Waals surface area contributed by atoms with Gasteiger partial charge in [-0.05, 0) is 43.5 Å². The Hall–Kier alpha value is -2.59. The zero-order chi connectivity index (χ0) is 22.3. The van der Waals surface area contributed by atoms with Crippen molar-refractivity contribution in [3.8, 4) is 0 Å². The fourth-order valence-corrected chi connectivity index (χ4v) is 3.59. The smallest absolute Gasteiger partial charge is 0.291 e. The largest absolute Gasteiger partial charge is 0.435 e. The van der Waals surface area contributed by atoms with E-state index in [9.17, 15) is 18.0 Å². The molecule has 12 heteroatoms. The molecule has 164 valence electrons. The number of hydrogen-bond acceptors (Lipinski definition) is 4. The maximum absolute atomic E-state index is 13.1. The minimum Gasteiger partial charge on any atom is -0.291 e. The topological polar surface area (TPSA) is 77.6 Å². The van der Waals surface area contributed by atoms with Crippen LogP contribution in [0.2, 0.25) is 10.0 Å². The maximum Gasteiger partial charge on any atom is 0.435 e. The van der Waals surface area contributed by atoms with E-state index in [0.717, 1.165) is 29.2 Å². The summed E-state index contributed by atoms with van der Waals surface area (Å²) in [6.45, 7) is 1.78. The third-order valence-corrected chi connectivity index (χ3v) is 5.50. The summed E-state index contributed by atoms with van der Waals surface area (Å²) in [5.41, 5.74) is 0.162. The molecular formula is C19H17Cl2F3N6O. The first-order valence-electron chi connectivity index (χ1n) is 9.42. The van der Waals surface area contributed by atoms with Crippen molar-refractivity contribution in [2.45, 2.75) is 44.4 Å². The molecule has 1 fully saturated rings. The van der Waals surface area contributed by atoms with Crippen LogP contribution in [0, 0.1) is 0 Å². The number of anilines is 1. The fourth-order valence-electron chi connectivity index (χ4n) is 3.12. The van der Waals surface area contributed by atoms with E-state index in [1.54, 1.807) is 18.2 Å². The molecule has 3 aromatic rings. The molecule has 1 amide bonds. The molecule has 1 aliphatic rings. The van der Waals surface area contributed by atoms with Crippen LogP contribution in [0.1, 0.15) is 48.7 Å². The van der Waals surface area contributed by atoms with Crippen LogP contribution in [-0.4, -0.2) is 30.5 Å². The highest BCUT2D eigenvalue weighted by molar-refractivity contribution is 6.35. The summed E-state index contributed by atoms with van der Waals surface area (Å²) in [4.78, 5) is 16.7. The van der Waals surface area contributed by atoms with E-state index in [2.05, 4.69) is 20.5 Å². The van der Waals surface area contributed by atoms with Gasteiger partial charge in [-0.2, -0.15) is 18.3 Å². The van der Waals surface area contributed by atoms with E-state index in [4.69, 9.17) is 23.2 Å². The minimum atomic E-state index is -4.58. The van der Waals surface area contributed by atoms with Gasteiger partial charge in [0.15, 0.2) is 5.69 Å². The number of rotatable bonds is 6. The number of hydrogen-bond donors (Lipinski definition) is 1. The molecule has 0 aliphatic heterocycles. The molecule has 1 aliphatic carbocycles. The second kappa shape index (κ2) is 8.16. The lowest BCUT2D eigenvalue weighted by molar-refractivity contribution is -0.141. The number of alkyl halides is 3. The van der Waals surface area contributed by atoms with Gasteiger partial charge in [0.2, 0.25) is 5.95 Å². The van der Waals surface area contributed by atoms with Crippen molar-refractivity contribution in [1.29, 1.82) is 0 Å². The van der Waals surface area contributed by atoms with Crippen molar-refractivity contribution in [2.24, 2.45) is 0 Å². The van der Waals surface area contributed by atoms with Gasteiger partial charge in [0.05, 0.1) is 6.54 Å². The predicted octanol–water partition coefficient (Wildman–Crippen LogP) is 4.93. The molecule has 1 saturated carbocycles. The summed E-state index contributed by atoms with van der Waals surface area (Å²) in [6.07, 6.45) is -1.61. The molecule has 7 nitrogen and oxygen atoms in total. The zero-order valence-electron chi connectivity index (χ0n) is 16.2. The molecule has 1 atom stereocenters. The molecule has 1 unspecified atom stereocenters. The Balaban J connectivity index is 1.47. The third kappa shape index (κ3) is 4.85. The van der Waals surface area contributed by atoms with Crippen LogP contribution in [0.3, 0.4) is 0 Å². The van der Waals surface area contributed by atoms with Gasteiger partial charge < -0.3 is 0 Å². The number of nitrogens with one attached hydrogen (secondary N) is 1. The first-order valence-corrected chi connectivity index (χ1v) is 10.2. The SMILES string of the molecule is CC(C(=O)Nc1ncn(Cc2ccc(Cl)cc2Cl)n1)n1nc(C(F)(F)F)cc1C1CC1. The summed E-state index contributed by atoms with van der Waals surface area (Å²) in [5.74, 6) is -0.556. The molecule has 0 spiro atoms. The van der Waals surface area contributed by atoms with Crippen molar-refractivity contribution in [2.75, 3.05) is 5.32 Å². The first kappa shape index (κ1) is 21.6. The maximum atomic E-state index is 13.1. The molecule has 1 aromatic carbocycles.